The smallest absolute Gasteiger partial charge is 0.408 e. The molecule has 61 valence electrons. The molecule has 0 fully saturated rings. The Balaban J connectivity index is 2.96. The topological polar surface area (TPSA) is 35.1 Å². The maximum Gasteiger partial charge on any atom is 0.420 e. The second-order valence-corrected chi connectivity index (χ2v) is 2.84. The Hall–Kier alpha value is -1.22. The maximum absolute atomic E-state index is 10.9. The van der Waals surface area contributed by atoms with E-state index in [2.05, 4.69) is 7.05 Å². The third kappa shape index (κ3) is 0.940. The minimum absolute atomic E-state index is 0.461. The number of benzene rings is 1. The standard InChI is InChI=1S/C8H5ClNO2/c1-10-6-3-2-5(9)4-7(6)12-8(10)11/h2-4H,1H2. The summed E-state index contributed by atoms with van der Waals surface area (Å²) >= 11 is 5.69. The molecule has 0 aliphatic carbocycles. The summed E-state index contributed by atoms with van der Waals surface area (Å²) in [4.78, 5) is 10.9. The third-order valence-electron chi connectivity index (χ3n) is 1.63. The lowest BCUT2D eigenvalue weighted by Crippen LogP contribution is -2.06. The average Bonchev–Trinajstić information content (AvgIpc) is 2.28. The van der Waals surface area contributed by atoms with Crippen LogP contribution in [0.3, 0.4) is 0 Å². The van der Waals surface area contributed by atoms with E-state index in [-0.39, 0.29) is 0 Å². The first kappa shape index (κ1) is 7.43. The van der Waals surface area contributed by atoms with Gasteiger partial charge in [0, 0.05) is 18.1 Å². The van der Waals surface area contributed by atoms with Gasteiger partial charge in [-0.25, -0.2) is 4.79 Å². The highest BCUT2D eigenvalue weighted by molar-refractivity contribution is 6.31. The Kier molecular flexibility index (Phi) is 1.48. The van der Waals surface area contributed by atoms with Gasteiger partial charge in [-0.2, -0.15) is 0 Å². The Morgan fingerprint density at radius 2 is 2.25 bits per heavy atom. The van der Waals surface area contributed by atoms with Crippen molar-refractivity contribution in [2.45, 2.75) is 0 Å². The molecule has 1 aromatic carbocycles. The summed E-state index contributed by atoms with van der Waals surface area (Å²) in [5.41, 5.74) is 1.10. The van der Waals surface area contributed by atoms with E-state index in [4.69, 9.17) is 16.0 Å². The van der Waals surface area contributed by atoms with E-state index >= 15 is 0 Å². The van der Waals surface area contributed by atoms with Crippen LogP contribution in [0.2, 0.25) is 5.02 Å². The van der Waals surface area contributed by atoms with Crippen LogP contribution >= 0.6 is 11.6 Å². The van der Waals surface area contributed by atoms with Crippen molar-refractivity contribution in [3.05, 3.63) is 40.8 Å². The monoisotopic (exact) mass is 182 g/mol. The van der Waals surface area contributed by atoms with Crippen molar-refractivity contribution in [1.82, 2.24) is 4.57 Å². The van der Waals surface area contributed by atoms with Crippen LogP contribution < -0.4 is 5.76 Å². The first-order valence-corrected chi connectivity index (χ1v) is 3.68. The molecule has 0 saturated carbocycles. The molecule has 0 spiro atoms. The van der Waals surface area contributed by atoms with Crippen molar-refractivity contribution < 1.29 is 4.42 Å². The quantitative estimate of drug-likeness (QED) is 0.624. The van der Waals surface area contributed by atoms with E-state index < -0.39 is 5.76 Å². The van der Waals surface area contributed by atoms with Gasteiger partial charge in [-0.1, -0.05) is 11.6 Å². The molecule has 0 atom stereocenters. The number of hydrogen-bond acceptors (Lipinski definition) is 2. The van der Waals surface area contributed by atoms with Crippen molar-refractivity contribution in [3.8, 4) is 0 Å². The molecule has 0 saturated heterocycles. The zero-order chi connectivity index (χ0) is 8.72. The summed E-state index contributed by atoms with van der Waals surface area (Å²) in [5, 5.41) is 0.539. The van der Waals surface area contributed by atoms with Crippen molar-refractivity contribution in [3.63, 3.8) is 0 Å². The number of hydrogen-bond donors (Lipinski definition) is 0. The third-order valence-corrected chi connectivity index (χ3v) is 1.87. The van der Waals surface area contributed by atoms with Gasteiger partial charge >= 0.3 is 5.76 Å². The minimum Gasteiger partial charge on any atom is -0.408 e. The van der Waals surface area contributed by atoms with Gasteiger partial charge in [0.15, 0.2) is 5.58 Å². The van der Waals surface area contributed by atoms with Gasteiger partial charge in [-0.15, -0.1) is 0 Å². The SMILES string of the molecule is [CH2]n1c(=O)oc2cc(Cl)ccc21. The molecule has 0 bridgehead atoms. The fraction of sp³-hybridized carbons (Fsp3) is 0. The lowest BCUT2D eigenvalue weighted by atomic mass is 10.3. The molecule has 2 aromatic rings. The normalized spacial score (nSPS) is 10.8. The number of oxazole rings is 1. The van der Waals surface area contributed by atoms with Gasteiger partial charge in [-0.3, -0.25) is 4.57 Å². The van der Waals surface area contributed by atoms with Gasteiger partial charge in [-0.05, 0) is 12.1 Å². The molecule has 0 aliphatic heterocycles. The summed E-state index contributed by atoms with van der Waals surface area (Å²) in [6.07, 6.45) is 0. The zero-order valence-electron chi connectivity index (χ0n) is 6.08. The molecular formula is C8H5ClNO2. The van der Waals surface area contributed by atoms with Crippen LogP contribution in [0.5, 0.6) is 0 Å². The second-order valence-electron chi connectivity index (χ2n) is 2.41. The summed E-state index contributed by atoms with van der Waals surface area (Å²) in [5.74, 6) is -0.479. The average molecular weight is 183 g/mol. The minimum atomic E-state index is -0.479. The largest absolute Gasteiger partial charge is 0.420 e. The Bertz CT molecular complexity index is 483. The molecule has 0 aliphatic rings. The molecule has 1 radical (unpaired) electrons. The first-order chi connectivity index (χ1) is 5.68. The molecule has 0 amide bonds. The van der Waals surface area contributed by atoms with Gasteiger partial charge in [0.1, 0.15) is 0 Å². The van der Waals surface area contributed by atoms with Crippen LogP contribution in [0.25, 0.3) is 11.1 Å². The molecule has 1 heterocycles. The number of halogens is 1. The summed E-state index contributed by atoms with van der Waals surface area (Å²) < 4.78 is 6.03. The predicted octanol–water partition coefficient (Wildman–Crippen LogP) is 1.89. The maximum atomic E-state index is 10.9. The van der Waals surface area contributed by atoms with Crippen LogP contribution in [-0.4, -0.2) is 4.57 Å². The zero-order valence-corrected chi connectivity index (χ0v) is 6.84. The van der Waals surface area contributed by atoms with Crippen molar-refractivity contribution in [2.24, 2.45) is 0 Å². The first-order valence-electron chi connectivity index (χ1n) is 3.30. The molecular weight excluding hydrogens is 178 g/mol. The van der Waals surface area contributed by atoms with Crippen molar-refractivity contribution in [2.75, 3.05) is 0 Å². The lowest BCUT2D eigenvalue weighted by Gasteiger charge is -1.90. The number of aromatic nitrogens is 1. The number of nitrogens with zero attached hydrogens (tertiary/aromatic N) is 1. The Morgan fingerprint density at radius 1 is 1.50 bits per heavy atom. The lowest BCUT2D eigenvalue weighted by molar-refractivity contribution is 0.539. The summed E-state index contributed by atoms with van der Waals surface area (Å²) in [6, 6.07) is 4.95. The van der Waals surface area contributed by atoms with Crippen LogP contribution in [-0.2, 0) is 0 Å². The number of fused-ring (bicyclic) bond motifs is 1. The highest BCUT2D eigenvalue weighted by Gasteiger charge is 2.04. The van der Waals surface area contributed by atoms with Crippen LogP contribution in [0.15, 0.2) is 27.4 Å². The molecule has 1 aromatic heterocycles. The van der Waals surface area contributed by atoms with Gasteiger partial charge < -0.3 is 4.42 Å². The highest BCUT2D eigenvalue weighted by Crippen LogP contribution is 2.17. The summed E-state index contributed by atoms with van der Waals surface area (Å²) in [7, 11) is 3.51. The van der Waals surface area contributed by atoms with E-state index in [1.54, 1.807) is 18.2 Å². The van der Waals surface area contributed by atoms with Gasteiger partial charge in [0.25, 0.3) is 0 Å². The van der Waals surface area contributed by atoms with E-state index in [0.29, 0.717) is 16.1 Å². The molecule has 0 N–H and O–H groups in total. The summed E-state index contributed by atoms with van der Waals surface area (Å²) in [6.45, 7) is 0. The number of rotatable bonds is 0. The van der Waals surface area contributed by atoms with E-state index in [1.807, 2.05) is 0 Å². The predicted molar refractivity (Wildman–Crippen MR) is 46.2 cm³/mol. The van der Waals surface area contributed by atoms with Gasteiger partial charge in [0.2, 0.25) is 0 Å². The fourth-order valence-corrected chi connectivity index (χ4v) is 1.20. The van der Waals surface area contributed by atoms with E-state index in [1.165, 1.54) is 4.57 Å². The second kappa shape index (κ2) is 2.38. The fourth-order valence-electron chi connectivity index (χ4n) is 1.04. The van der Waals surface area contributed by atoms with E-state index in [0.717, 1.165) is 0 Å². The molecule has 4 heteroatoms. The van der Waals surface area contributed by atoms with Crippen molar-refractivity contribution in [1.29, 1.82) is 0 Å². The molecule has 12 heavy (non-hydrogen) atoms. The molecule has 2 rings (SSSR count). The van der Waals surface area contributed by atoms with E-state index in [9.17, 15) is 4.79 Å². The molecule has 0 unspecified atom stereocenters. The van der Waals surface area contributed by atoms with Crippen LogP contribution in [0.1, 0.15) is 0 Å². The van der Waals surface area contributed by atoms with Gasteiger partial charge in [0.05, 0.1) is 5.52 Å². The van der Waals surface area contributed by atoms with Crippen LogP contribution in [0.4, 0.5) is 0 Å². The Morgan fingerprint density at radius 3 is 3.00 bits per heavy atom. The Labute approximate surface area is 73.2 Å². The highest BCUT2D eigenvalue weighted by atomic mass is 35.5. The molecule has 3 nitrogen and oxygen atoms in total. The van der Waals surface area contributed by atoms with Crippen molar-refractivity contribution >= 4 is 22.7 Å². The van der Waals surface area contributed by atoms with Crippen LogP contribution in [0, 0.1) is 7.05 Å².